The highest BCUT2D eigenvalue weighted by Crippen LogP contribution is 2.27. The first-order valence-corrected chi connectivity index (χ1v) is 11.5. The standard InChI is InChI=1S/C25H27N5O4/c1-25(14-11-17-7-3-2-4-8-17)22(32)30(23(33)27-25)28-21(31)18-12-15-29(16-13-18)24-26-19-9-5-6-10-20(19)34-24/h2-10,18H,11-16H2,1H3,(H,27,33)(H,28,31). The van der Waals surface area contributed by atoms with E-state index >= 15 is 0 Å². The maximum absolute atomic E-state index is 13.0. The largest absolute Gasteiger partial charge is 0.423 e. The van der Waals surface area contributed by atoms with E-state index in [0.717, 1.165) is 21.7 Å². The van der Waals surface area contributed by atoms with Gasteiger partial charge in [0, 0.05) is 19.0 Å². The lowest BCUT2D eigenvalue weighted by molar-refractivity contribution is -0.140. The van der Waals surface area contributed by atoms with Gasteiger partial charge in [-0.3, -0.25) is 15.0 Å². The van der Waals surface area contributed by atoms with Crippen molar-refractivity contribution in [3.63, 3.8) is 0 Å². The van der Waals surface area contributed by atoms with Crippen LogP contribution in [-0.4, -0.2) is 46.5 Å². The van der Waals surface area contributed by atoms with E-state index in [0.29, 0.717) is 44.8 Å². The van der Waals surface area contributed by atoms with Gasteiger partial charge < -0.3 is 14.6 Å². The third-order valence-electron chi connectivity index (χ3n) is 6.66. The van der Waals surface area contributed by atoms with Gasteiger partial charge in [-0.2, -0.15) is 9.99 Å². The number of fused-ring (bicyclic) bond motifs is 1. The lowest BCUT2D eigenvalue weighted by Gasteiger charge is -2.30. The molecule has 0 aliphatic carbocycles. The Bertz CT molecular complexity index is 1190. The molecule has 3 heterocycles. The second kappa shape index (κ2) is 8.81. The van der Waals surface area contributed by atoms with Crippen LogP contribution in [0.4, 0.5) is 10.8 Å². The van der Waals surface area contributed by atoms with Gasteiger partial charge in [-0.25, -0.2) is 4.79 Å². The molecular formula is C25H27N5O4. The summed E-state index contributed by atoms with van der Waals surface area (Å²) in [5.74, 6) is -1.07. The van der Waals surface area contributed by atoms with Crippen LogP contribution in [-0.2, 0) is 16.0 Å². The van der Waals surface area contributed by atoms with Crippen LogP contribution in [0.5, 0.6) is 0 Å². The minimum Gasteiger partial charge on any atom is -0.423 e. The fraction of sp³-hybridized carbons (Fsp3) is 0.360. The molecular weight excluding hydrogens is 434 g/mol. The highest BCUT2D eigenvalue weighted by molar-refractivity contribution is 6.07. The summed E-state index contributed by atoms with van der Waals surface area (Å²) in [6.45, 7) is 2.89. The van der Waals surface area contributed by atoms with Crippen molar-refractivity contribution in [2.24, 2.45) is 5.92 Å². The minimum atomic E-state index is -1.06. The summed E-state index contributed by atoms with van der Waals surface area (Å²) >= 11 is 0. The number of piperidine rings is 1. The SMILES string of the molecule is CC1(CCc2ccccc2)NC(=O)N(NC(=O)C2CCN(c3nc4ccccc4o3)CC2)C1=O. The molecule has 2 saturated heterocycles. The number of urea groups is 1. The number of aromatic nitrogens is 1. The number of oxazole rings is 1. The van der Waals surface area contributed by atoms with Crippen LogP contribution in [0.25, 0.3) is 11.1 Å². The molecule has 2 aliphatic heterocycles. The summed E-state index contributed by atoms with van der Waals surface area (Å²) < 4.78 is 5.83. The first-order chi connectivity index (χ1) is 16.4. The van der Waals surface area contributed by atoms with Crippen molar-refractivity contribution >= 4 is 35.0 Å². The van der Waals surface area contributed by atoms with Crippen molar-refractivity contribution < 1.29 is 18.8 Å². The minimum absolute atomic E-state index is 0.308. The Hall–Kier alpha value is -3.88. The molecule has 2 aromatic carbocycles. The van der Waals surface area contributed by atoms with Crippen LogP contribution >= 0.6 is 0 Å². The molecule has 2 fully saturated rings. The third kappa shape index (κ3) is 4.21. The van der Waals surface area contributed by atoms with Crippen LogP contribution in [0.15, 0.2) is 59.0 Å². The van der Waals surface area contributed by atoms with E-state index in [4.69, 9.17) is 4.42 Å². The van der Waals surface area contributed by atoms with Gasteiger partial charge in [0.2, 0.25) is 5.91 Å². The topological polar surface area (TPSA) is 108 Å². The monoisotopic (exact) mass is 461 g/mol. The Morgan fingerprint density at radius 2 is 1.82 bits per heavy atom. The first kappa shape index (κ1) is 21.9. The Balaban J connectivity index is 1.16. The average Bonchev–Trinajstić information content (AvgIpc) is 3.38. The summed E-state index contributed by atoms with van der Waals surface area (Å²) in [5.41, 5.74) is 4.10. The van der Waals surface area contributed by atoms with Gasteiger partial charge in [0.1, 0.15) is 11.1 Å². The molecule has 0 radical (unpaired) electrons. The molecule has 5 rings (SSSR count). The highest BCUT2D eigenvalue weighted by atomic mass is 16.4. The van der Waals surface area contributed by atoms with Crippen molar-refractivity contribution in [1.29, 1.82) is 0 Å². The number of nitrogens with one attached hydrogen (secondary N) is 2. The molecule has 1 aromatic heterocycles. The van der Waals surface area contributed by atoms with Crippen LogP contribution in [0.1, 0.15) is 31.7 Å². The number of imide groups is 1. The predicted molar refractivity (Wildman–Crippen MR) is 126 cm³/mol. The van der Waals surface area contributed by atoms with Gasteiger partial charge in [0.25, 0.3) is 11.9 Å². The van der Waals surface area contributed by atoms with Crippen LogP contribution in [0.3, 0.4) is 0 Å². The van der Waals surface area contributed by atoms with E-state index in [2.05, 4.69) is 15.7 Å². The number of hydrazine groups is 1. The van der Waals surface area contributed by atoms with Crippen molar-refractivity contribution in [2.45, 2.75) is 38.1 Å². The molecule has 9 nitrogen and oxygen atoms in total. The molecule has 3 aromatic rings. The van der Waals surface area contributed by atoms with Gasteiger partial charge in [0.15, 0.2) is 5.58 Å². The predicted octanol–water partition coefficient (Wildman–Crippen LogP) is 3.02. The van der Waals surface area contributed by atoms with E-state index < -0.39 is 17.5 Å². The second-order valence-electron chi connectivity index (χ2n) is 9.09. The normalized spacial score (nSPS) is 21.2. The number of anilines is 1. The summed E-state index contributed by atoms with van der Waals surface area (Å²) in [5, 5.41) is 3.58. The fourth-order valence-corrected chi connectivity index (χ4v) is 4.52. The Morgan fingerprint density at radius 3 is 2.56 bits per heavy atom. The van der Waals surface area contributed by atoms with Crippen molar-refractivity contribution in [3.05, 3.63) is 60.2 Å². The Kier molecular flexibility index (Phi) is 5.69. The number of nitrogens with zero attached hydrogens (tertiary/aromatic N) is 3. The Labute approximate surface area is 197 Å². The van der Waals surface area contributed by atoms with Gasteiger partial charge in [-0.1, -0.05) is 42.5 Å². The van der Waals surface area contributed by atoms with E-state index in [-0.39, 0.29) is 11.8 Å². The maximum atomic E-state index is 13.0. The summed E-state index contributed by atoms with van der Waals surface area (Å²) in [6.07, 6.45) is 2.22. The van der Waals surface area contributed by atoms with Gasteiger partial charge in [-0.15, -0.1) is 0 Å². The molecule has 176 valence electrons. The zero-order valence-corrected chi connectivity index (χ0v) is 19.0. The third-order valence-corrected chi connectivity index (χ3v) is 6.66. The molecule has 2 N–H and O–H groups in total. The number of carbonyl (C=O) groups is 3. The van der Waals surface area contributed by atoms with Crippen molar-refractivity contribution in [2.75, 3.05) is 18.0 Å². The number of benzene rings is 2. The summed E-state index contributed by atoms with van der Waals surface area (Å²) in [7, 11) is 0. The van der Waals surface area contributed by atoms with Crippen LogP contribution in [0, 0.1) is 5.92 Å². The summed E-state index contributed by atoms with van der Waals surface area (Å²) in [4.78, 5) is 44.9. The lowest BCUT2D eigenvalue weighted by Crippen LogP contribution is -2.51. The number of para-hydroxylation sites is 2. The first-order valence-electron chi connectivity index (χ1n) is 11.5. The molecule has 2 aliphatic rings. The molecule has 1 atom stereocenters. The Morgan fingerprint density at radius 1 is 1.12 bits per heavy atom. The number of hydrogen-bond acceptors (Lipinski definition) is 6. The second-order valence-corrected chi connectivity index (χ2v) is 9.09. The van der Waals surface area contributed by atoms with E-state index in [1.165, 1.54) is 0 Å². The van der Waals surface area contributed by atoms with Crippen LogP contribution < -0.4 is 15.6 Å². The number of hydrogen-bond donors (Lipinski definition) is 2. The zero-order chi connectivity index (χ0) is 23.7. The lowest BCUT2D eigenvalue weighted by atomic mass is 9.93. The quantitative estimate of drug-likeness (QED) is 0.547. The number of rotatable bonds is 6. The highest BCUT2D eigenvalue weighted by Gasteiger charge is 2.48. The van der Waals surface area contributed by atoms with Crippen LogP contribution in [0.2, 0.25) is 0 Å². The molecule has 0 bridgehead atoms. The van der Waals surface area contributed by atoms with E-state index in [1.54, 1.807) is 6.92 Å². The van der Waals surface area contributed by atoms with Gasteiger partial charge >= 0.3 is 6.03 Å². The van der Waals surface area contributed by atoms with Crippen molar-refractivity contribution in [1.82, 2.24) is 20.7 Å². The molecule has 0 spiro atoms. The zero-order valence-electron chi connectivity index (χ0n) is 19.0. The van der Waals surface area contributed by atoms with Gasteiger partial charge in [-0.05, 0) is 50.3 Å². The van der Waals surface area contributed by atoms with Gasteiger partial charge in [0.05, 0.1) is 0 Å². The number of amides is 4. The average molecular weight is 462 g/mol. The molecule has 4 amide bonds. The smallest absolute Gasteiger partial charge is 0.344 e. The molecule has 9 heteroatoms. The molecule has 34 heavy (non-hydrogen) atoms. The molecule has 1 unspecified atom stereocenters. The van der Waals surface area contributed by atoms with Crippen molar-refractivity contribution in [3.8, 4) is 0 Å². The fourth-order valence-electron chi connectivity index (χ4n) is 4.52. The number of carbonyl (C=O) groups excluding carboxylic acids is 3. The molecule has 0 saturated carbocycles. The summed E-state index contributed by atoms with van der Waals surface area (Å²) in [6, 6.07) is 17.3. The number of aryl methyl sites for hydroxylation is 1. The van der Waals surface area contributed by atoms with E-state index in [1.807, 2.05) is 59.5 Å². The van der Waals surface area contributed by atoms with E-state index in [9.17, 15) is 14.4 Å². The maximum Gasteiger partial charge on any atom is 0.344 e.